The van der Waals surface area contributed by atoms with Gasteiger partial charge in [-0.3, -0.25) is 10.1 Å². The average Bonchev–Trinajstić information content (AvgIpc) is 3.23. The van der Waals surface area contributed by atoms with Gasteiger partial charge in [0.05, 0.1) is 15.7 Å². The summed E-state index contributed by atoms with van der Waals surface area (Å²) >= 11 is 19.3. The van der Waals surface area contributed by atoms with Gasteiger partial charge < -0.3 is 10.6 Å². The molecule has 0 saturated carbocycles. The fraction of sp³-hybridized carbons (Fsp3) is 0.238. The van der Waals surface area contributed by atoms with Crippen molar-refractivity contribution in [1.82, 2.24) is 15.5 Å². The van der Waals surface area contributed by atoms with E-state index >= 15 is 0 Å². The second kappa shape index (κ2) is 11.0. The van der Waals surface area contributed by atoms with Gasteiger partial charge >= 0.3 is 6.03 Å². The van der Waals surface area contributed by atoms with Crippen molar-refractivity contribution in [3.63, 3.8) is 0 Å². The summed E-state index contributed by atoms with van der Waals surface area (Å²) in [5, 5.41) is 18.2. The highest BCUT2D eigenvalue weighted by atomic mass is 35.5. The van der Waals surface area contributed by atoms with Crippen molar-refractivity contribution < 1.29 is 9.59 Å². The summed E-state index contributed by atoms with van der Waals surface area (Å²) in [7, 11) is 0. The van der Waals surface area contributed by atoms with E-state index < -0.39 is 18.0 Å². The fourth-order valence-corrected chi connectivity index (χ4v) is 4.08. The normalized spacial score (nSPS) is 12.7. The lowest BCUT2D eigenvalue weighted by atomic mass is 9.98. The summed E-state index contributed by atoms with van der Waals surface area (Å²) < 4.78 is 0. The number of halogens is 3. The zero-order valence-electron chi connectivity index (χ0n) is 17.2. The third-order valence-electron chi connectivity index (χ3n) is 4.71. The van der Waals surface area contributed by atoms with Crippen molar-refractivity contribution >= 4 is 68.9 Å². The van der Waals surface area contributed by atoms with Crippen LogP contribution in [0, 0.1) is 5.92 Å². The first-order valence-corrected chi connectivity index (χ1v) is 11.6. The Hall–Kier alpha value is -2.39. The molecule has 1 aromatic heterocycles. The molecule has 11 heteroatoms. The molecule has 0 spiro atoms. The molecule has 32 heavy (non-hydrogen) atoms. The Morgan fingerprint density at radius 3 is 2.53 bits per heavy atom. The van der Waals surface area contributed by atoms with Crippen LogP contribution in [0.15, 0.2) is 42.5 Å². The van der Waals surface area contributed by atoms with Crippen molar-refractivity contribution in [3.05, 3.63) is 57.5 Å². The molecule has 2 atom stereocenters. The number of amides is 3. The van der Waals surface area contributed by atoms with E-state index in [-0.39, 0.29) is 10.9 Å². The molecule has 3 aromatic rings. The number of benzene rings is 2. The Morgan fingerprint density at radius 2 is 1.81 bits per heavy atom. The van der Waals surface area contributed by atoms with Gasteiger partial charge in [-0.25, -0.2) is 4.79 Å². The van der Waals surface area contributed by atoms with E-state index in [1.165, 1.54) is 11.3 Å². The summed E-state index contributed by atoms with van der Waals surface area (Å²) in [4.78, 5) is 25.5. The largest absolute Gasteiger partial charge is 0.326 e. The van der Waals surface area contributed by atoms with Crippen LogP contribution in [0.4, 0.5) is 15.6 Å². The number of rotatable bonds is 7. The summed E-state index contributed by atoms with van der Waals surface area (Å²) in [5.74, 6) is -0.545. The number of aromatic nitrogens is 2. The van der Waals surface area contributed by atoms with Crippen molar-refractivity contribution in [2.24, 2.45) is 5.92 Å². The van der Waals surface area contributed by atoms with E-state index in [1.54, 1.807) is 30.3 Å². The third kappa shape index (κ3) is 6.10. The van der Waals surface area contributed by atoms with Crippen LogP contribution in [0.2, 0.25) is 15.1 Å². The van der Waals surface area contributed by atoms with Crippen molar-refractivity contribution in [3.8, 4) is 10.6 Å². The van der Waals surface area contributed by atoms with E-state index in [4.69, 9.17) is 34.8 Å². The van der Waals surface area contributed by atoms with Crippen LogP contribution in [0.3, 0.4) is 0 Å². The molecule has 0 radical (unpaired) electrons. The van der Waals surface area contributed by atoms with Gasteiger partial charge in [0.25, 0.3) is 0 Å². The van der Waals surface area contributed by atoms with Crippen LogP contribution in [-0.2, 0) is 4.79 Å². The minimum atomic E-state index is -0.809. The Bertz CT molecular complexity index is 1120. The van der Waals surface area contributed by atoms with E-state index in [0.29, 0.717) is 32.3 Å². The van der Waals surface area contributed by atoms with Crippen LogP contribution in [-0.4, -0.2) is 28.2 Å². The molecule has 0 aliphatic heterocycles. The highest BCUT2D eigenvalue weighted by molar-refractivity contribution is 7.18. The van der Waals surface area contributed by atoms with Crippen LogP contribution >= 0.6 is 46.1 Å². The predicted octanol–water partition coefficient (Wildman–Crippen LogP) is 6.34. The zero-order valence-corrected chi connectivity index (χ0v) is 20.2. The molecule has 3 amide bonds. The molecule has 168 valence electrons. The predicted molar refractivity (Wildman–Crippen MR) is 131 cm³/mol. The molecule has 0 aliphatic rings. The molecule has 1 heterocycles. The standard InChI is InChI=1S/C21H20Cl3N5O2S/c1-3-11(2)17(26-20(31)25-15-9-5-8-14(23)16(15)24)18(30)27-21-29-28-19(32-21)12-6-4-7-13(22)10-12/h4-11,17H,3H2,1-2H3,(H2,25,26,31)(H,27,29,30). The number of nitrogens with zero attached hydrogens (tertiary/aromatic N) is 2. The number of hydrogen-bond donors (Lipinski definition) is 3. The molecule has 0 saturated heterocycles. The van der Waals surface area contributed by atoms with Crippen molar-refractivity contribution in [1.29, 1.82) is 0 Å². The van der Waals surface area contributed by atoms with Crippen LogP contribution in [0.5, 0.6) is 0 Å². The Kier molecular flexibility index (Phi) is 8.31. The van der Waals surface area contributed by atoms with E-state index in [9.17, 15) is 9.59 Å². The van der Waals surface area contributed by atoms with E-state index in [1.807, 2.05) is 26.0 Å². The highest BCUT2D eigenvalue weighted by Gasteiger charge is 2.27. The summed E-state index contributed by atoms with van der Waals surface area (Å²) in [6.45, 7) is 3.80. The second-order valence-corrected chi connectivity index (χ2v) is 9.17. The van der Waals surface area contributed by atoms with E-state index in [2.05, 4.69) is 26.1 Å². The lowest BCUT2D eigenvalue weighted by Gasteiger charge is -2.23. The quantitative estimate of drug-likeness (QED) is 0.344. The van der Waals surface area contributed by atoms with Gasteiger partial charge in [0.1, 0.15) is 11.0 Å². The van der Waals surface area contributed by atoms with Gasteiger partial charge in [-0.05, 0) is 30.2 Å². The molecule has 0 aliphatic carbocycles. The molecule has 7 nitrogen and oxygen atoms in total. The fourth-order valence-electron chi connectivity index (χ4n) is 2.80. The molecule has 2 unspecified atom stereocenters. The molecule has 0 bridgehead atoms. The highest BCUT2D eigenvalue weighted by Crippen LogP contribution is 2.30. The maximum Gasteiger partial charge on any atom is 0.319 e. The Labute approximate surface area is 204 Å². The van der Waals surface area contributed by atoms with Crippen LogP contribution in [0.25, 0.3) is 10.6 Å². The summed E-state index contributed by atoms with van der Waals surface area (Å²) in [6.07, 6.45) is 0.667. The number of carbonyl (C=O) groups is 2. The average molecular weight is 513 g/mol. The zero-order chi connectivity index (χ0) is 23.3. The first-order valence-electron chi connectivity index (χ1n) is 9.70. The molecule has 0 fully saturated rings. The number of anilines is 2. The SMILES string of the molecule is CCC(C)C(NC(=O)Nc1cccc(Cl)c1Cl)C(=O)Nc1nnc(-c2cccc(Cl)c2)s1. The van der Waals surface area contributed by atoms with Crippen LogP contribution in [0.1, 0.15) is 20.3 Å². The number of nitrogens with one attached hydrogen (secondary N) is 3. The summed E-state index contributed by atoms with van der Waals surface area (Å²) in [6, 6.07) is 10.7. The van der Waals surface area contributed by atoms with E-state index in [0.717, 1.165) is 5.56 Å². The Balaban J connectivity index is 1.70. The van der Waals surface area contributed by atoms with Gasteiger partial charge in [0.15, 0.2) is 0 Å². The number of urea groups is 1. The molecular weight excluding hydrogens is 493 g/mol. The first-order chi connectivity index (χ1) is 15.3. The lowest BCUT2D eigenvalue weighted by molar-refractivity contribution is -0.119. The first kappa shape index (κ1) is 24.3. The second-order valence-electron chi connectivity index (χ2n) is 6.98. The smallest absolute Gasteiger partial charge is 0.319 e. The minimum absolute atomic E-state index is 0.143. The van der Waals surface area contributed by atoms with Gasteiger partial charge in [-0.2, -0.15) is 0 Å². The molecule has 3 rings (SSSR count). The third-order valence-corrected chi connectivity index (χ3v) is 6.65. The maximum atomic E-state index is 12.9. The van der Waals surface area contributed by atoms with Gasteiger partial charge in [-0.15, -0.1) is 10.2 Å². The monoisotopic (exact) mass is 511 g/mol. The van der Waals surface area contributed by atoms with Crippen molar-refractivity contribution in [2.45, 2.75) is 26.3 Å². The topological polar surface area (TPSA) is 96.0 Å². The maximum absolute atomic E-state index is 12.9. The molecular formula is C21H20Cl3N5O2S. The van der Waals surface area contributed by atoms with Crippen molar-refractivity contribution in [2.75, 3.05) is 10.6 Å². The molecule has 2 aromatic carbocycles. The molecule has 3 N–H and O–H groups in total. The lowest BCUT2D eigenvalue weighted by Crippen LogP contribution is -2.49. The number of hydrogen-bond acceptors (Lipinski definition) is 5. The summed E-state index contributed by atoms with van der Waals surface area (Å²) in [5.41, 5.74) is 1.14. The minimum Gasteiger partial charge on any atom is -0.326 e. The Morgan fingerprint density at radius 1 is 1.06 bits per heavy atom. The van der Waals surface area contributed by atoms with Gasteiger partial charge in [-0.1, -0.05) is 84.6 Å². The van der Waals surface area contributed by atoms with Crippen LogP contribution < -0.4 is 16.0 Å². The number of carbonyl (C=O) groups excluding carboxylic acids is 2. The van der Waals surface area contributed by atoms with Gasteiger partial charge in [0.2, 0.25) is 11.0 Å². The van der Waals surface area contributed by atoms with Gasteiger partial charge in [0, 0.05) is 10.6 Å².